The van der Waals surface area contributed by atoms with Gasteiger partial charge in [-0.05, 0) is 66.8 Å². The van der Waals surface area contributed by atoms with Crippen LogP contribution in [0.4, 0.5) is 11.4 Å². The molecule has 1 aliphatic heterocycles. The van der Waals surface area contributed by atoms with Gasteiger partial charge in [0.05, 0.1) is 0 Å². The number of hydrogen-bond acceptors (Lipinski definition) is 3. The number of hydrogen-bond donors (Lipinski definition) is 0. The standard InChI is InChI=1S/C31H25NOS/c1-19-5-8-21(9-6-19)22-10-14-29-27(16-22)24-3-2-4-28(24)32(29)23-11-13-26-25-12-7-20(18-33)15-30(25)34-31(26)17-23/h5-18,24,28H,2-4H2,1H3. The fraction of sp³-hybridized carbons (Fsp3) is 0.194. The highest BCUT2D eigenvalue weighted by Crippen LogP contribution is 2.53. The molecule has 5 aromatic rings. The van der Waals surface area contributed by atoms with Crippen molar-refractivity contribution in [3.63, 3.8) is 0 Å². The van der Waals surface area contributed by atoms with Gasteiger partial charge in [-0.15, -0.1) is 11.3 Å². The number of fused-ring (bicyclic) bond motifs is 6. The molecule has 166 valence electrons. The zero-order chi connectivity index (χ0) is 22.8. The summed E-state index contributed by atoms with van der Waals surface area (Å²) in [5.41, 5.74) is 8.81. The number of benzene rings is 4. The first-order valence-corrected chi connectivity index (χ1v) is 12.9. The Kier molecular flexibility index (Phi) is 4.43. The van der Waals surface area contributed by atoms with Crippen molar-refractivity contribution in [1.29, 1.82) is 0 Å². The lowest BCUT2D eigenvalue weighted by Gasteiger charge is -2.27. The lowest BCUT2D eigenvalue weighted by atomic mass is 9.94. The third-order valence-corrected chi connectivity index (χ3v) is 8.89. The van der Waals surface area contributed by atoms with Gasteiger partial charge in [-0.1, -0.05) is 60.5 Å². The molecule has 2 nitrogen and oxygen atoms in total. The van der Waals surface area contributed by atoms with E-state index in [0.717, 1.165) is 11.8 Å². The van der Waals surface area contributed by atoms with Crippen LogP contribution in [0.25, 0.3) is 31.3 Å². The molecule has 0 amide bonds. The summed E-state index contributed by atoms with van der Waals surface area (Å²) in [6.07, 6.45) is 4.73. The van der Waals surface area contributed by atoms with Crippen LogP contribution in [-0.2, 0) is 0 Å². The van der Waals surface area contributed by atoms with Crippen LogP contribution in [0, 0.1) is 6.92 Å². The van der Waals surface area contributed by atoms with Gasteiger partial charge in [-0.3, -0.25) is 4.79 Å². The number of anilines is 2. The maximum atomic E-state index is 11.2. The van der Waals surface area contributed by atoms with Gasteiger partial charge < -0.3 is 4.90 Å². The summed E-state index contributed by atoms with van der Waals surface area (Å²) in [5.74, 6) is 0.605. The highest BCUT2D eigenvalue weighted by atomic mass is 32.1. The molecule has 1 aromatic heterocycles. The van der Waals surface area contributed by atoms with E-state index in [1.54, 1.807) is 11.3 Å². The maximum Gasteiger partial charge on any atom is 0.150 e. The number of nitrogens with zero attached hydrogens (tertiary/aromatic N) is 1. The molecule has 0 radical (unpaired) electrons. The van der Waals surface area contributed by atoms with Crippen LogP contribution in [0.15, 0.2) is 78.9 Å². The van der Waals surface area contributed by atoms with Crippen molar-refractivity contribution in [1.82, 2.24) is 0 Å². The van der Waals surface area contributed by atoms with Gasteiger partial charge in [-0.2, -0.15) is 0 Å². The monoisotopic (exact) mass is 459 g/mol. The minimum Gasteiger partial charge on any atom is -0.337 e. The lowest BCUT2D eigenvalue weighted by molar-refractivity contribution is 0.112. The van der Waals surface area contributed by atoms with Gasteiger partial charge >= 0.3 is 0 Å². The number of rotatable bonds is 3. The Morgan fingerprint density at radius 2 is 1.59 bits per heavy atom. The van der Waals surface area contributed by atoms with Crippen molar-refractivity contribution in [2.24, 2.45) is 0 Å². The van der Waals surface area contributed by atoms with Gasteiger partial charge in [0.15, 0.2) is 0 Å². The van der Waals surface area contributed by atoms with E-state index in [4.69, 9.17) is 0 Å². The molecule has 1 aliphatic carbocycles. The molecular formula is C31H25NOS. The Bertz CT molecular complexity index is 1580. The van der Waals surface area contributed by atoms with E-state index in [9.17, 15) is 4.79 Å². The zero-order valence-corrected chi connectivity index (χ0v) is 19.9. The Morgan fingerprint density at radius 3 is 2.41 bits per heavy atom. The molecule has 4 aromatic carbocycles. The molecule has 0 N–H and O–H groups in total. The van der Waals surface area contributed by atoms with Crippen molar-refractivity contribution in [2.75, 3.05) is 4.90 Å². The fourth-order valence-corrected chi connectivity index (χ4v) is 7.31. The summed E-state index contributed by atoms with van der Waals surface area (Å²) < 4.78 is 2.47. The Labute approximate surface area is 203 Å². The number of carbonyl (C=O) groups is 1. The summed E-state index contributed by atoms with van der Waals surface area (Å²) in [5, 5.41) is 2.51. The van der Waals surface area contributed by atoms with Crippen LogP contribution in [0.3, 0.4) is 0 Å². The minimum absolute atomic E-state index is 0.539. The second kappa shape index (κ2) is 7.54. The Hall–Kier alpha value is -3.43. The number of thiophene rings is 1. The smallest absolute Gasteiger partial charge is 0.150 e. The highest BCUT2D eigenvalue weighted by molar-refractivity contribution is 7.25. The first-order chi connectivity index (χ1) is 16.7. The second-order valence-corrected chi connectivity index (χ2v) is 10.9. The van der Waals surface area contributed by atoms with Crippen LogP contribution in [0.5, 0.6) is 0 Å². The summed E-state index contributed by atoms with van der Waals surface area (Å²) in [7, 11) is 0. The molecule has 2 atom stereocenters. The van der Waals surface area contributed by atoms with Crippen LogP contribution in [0.2, 0.25) is 0 Å². The highest BCUT2D eigenvalue weighted by Gasteiger charge is 2.42. The van der Waals surface area contributed by atoms with Gasteiger partial charge in [-0.25, -0.2) is 0 Å². The minimum atomic E-state index is 0.539. The van der Waals surface area contributed by atoms with E-state index in [2.05, 4.69) is 78.6 Å². The van der Waals surface area contributed by atoms with Crippen molar-refractivity contribution in [2.45, 2.75) is 38.1 Å². The maximum absolute atomic E-state index is 11.2. The zero-order valence-electron chi connectivity index (χ0n) is 19.1. The van der Waals surface area contributed by atoms with Gasteiger partial charge in [0.25, 0.3) is 0 Å². The average molecular weight is 460 g/mol. The molecule has 1 saturated carbocycles. The number of aldehydes is 1. The normalized spacial score (nSPS) is 19.0. The molecule has 7 rings (SSSR count). The first kappa shape index (κ1) is 20.0. The molecule has 3 heteroatoms. The van der Waals surface area contributed by atoms with Crippen molar-refractivity contribution >= 4 is 49.2 Å². The van der Waals surface area contributed by atoms with Crippen molar-refractivity contribution in [3.05, 3.63) is 95.6 Å². The van der Waals surface area contributed by atoms with E-state index in [1.807, 2.05) is 12.1 Å². The van der Waals surface area contributed by atoms with Gasteiger partial charge in [0.2, 0.25) is 0 Å². The van der Waals surface area contributed by atoms with Crippen LogP contribution in [0.1, 0.15) is 46.7 Å². The van der Waals surface area contributed by atoms with E-state index in [0.29, 0.717) is 12.0 Å². The third kappa shape index (κ3) is 2.97. The summed E-state index contributed by atoms with van der Waals surface area (Å²) in [4.78, 5) is 13.8. The third-order valence-electron chi connectivity index (χ3n) is 7.78. The number of carbonyl (C=O) groups excluding carboxylic acids is 1. The molecular weight excluding hydrogens is 434 g/mol. The topological polar surface area (TPSA) is 20.3 Å². The molecule has 0 saturated heterocycles. The second-order valence-electron chi connectivity index (χ2n) is 9.77. The van der Waals surface area contributed by atoms with Gasteiger partial charge in [0.1, 0.15) is 6.29 Å². The first-order valence-electron chi connectivity index (χ1n) is 12.1. The molecule has 2 unspecified atom stereocenters. The molecule has 2 aliphatic rings. The van der Waals surface area contributed by atoms with Crippen LogP contribution in [-0.4, -0.2) is 12.3 Å². The Balaban J connectivity index is 1.34. The molecule has 0 spiro atoms. The quantitative estimate of drug-likeness (QED) is 0.252. The summed E-state index contributed by atoms with van der Waals surface area (Å²) in [6.45, 7) is 2.14. The van der Waals surface area contributed by atoms with E-state index < -0.39 is 0 Å². The molecule has 0 bridgehead atoms. The average Bonchev–Trinajstić information content (AvgIpc) is 3.55. The van der Waals surface area contributed by atoms with Crippen LogP contribution >= 0.6 is 11.3 Å². The van der Waals surface area contributed by atoms with E-state index >= 15 is 0 Å². The largest absolute Gasteiger partial charge is 0.337 e. The number of aryl methyl sites for hydroxylation is 1. The van der Waals surface area contributed by atoms with E-state index in [-0.39, 0.29) is 0 Å². The fourth-order valence-electron chi connectivity index (χ4n) is 6.12. The molecule has 2 heterocycles. The van der Waals surface area contributed by atoms with E-state index in [1.165, 1.54) is 73.1 Å². The molecule has 34 heavy (non-hydrogen) atoms. The van der Waals surface area contributed by atoms with Crippen molar-refractivity contribution in [3.8, 4) is 11.1 Å². The Morgan fingerprint density at radius 1 is 0.824 bits per heavy atom. The summed E-state index contributed by atoms with van der Waals surface area (Å²) in [6, 6.07) is 29.4. The SMILES string of the molecule is Cc1ccc(-c2ccc3c(c2)C2CCCC2N3c2ccc3c(c2)sc2cc(C=O)ccc23)cc1. The lowest BCUT2D eigenvalue weighted by Crippen LogP contribution is -2.26. The van der Waals surface area contributed by atoms with Gasteiger partial charge in [0, 0.05) is 49.1 Å². The predicted octanol–water partition coefficient (Wildman–Crippen LogP) is 8.63. The van der Waals surface area contributed by atoms with Crippen LogP contribution < -0.4 is 4.90 Å². The molecule has 1 fully saturated rings. The summed E-state index contributed by atoms with van der Waals surface area (Å²) >= 11 is 1.79. The van der Waals surface area contributed by atoms with Crippen molar-refractivity contribution < 1.29 is 4.79 Å². The predicted molar refractivity (Wildman–Crippen MR) is 144 cm³/mol.